The van der Waals surface area contributed by atoms with Crippen LogP contribution in [-0.4, -0.2) is 37.4 Å². The molecular formula is C23H28N2O2. The van der Waals surface area contributed by atoms with Crippen LogP contribution in [0.15, 0.2) is 24.3 Å². The summed E-state index contributed by atoms with van der Waals surface area (Å²) in [6.45, 7) is 0.388. The third-order valence-corrected chi connectivity index (χ3v) is 6.63. The lowest BCUT2D eigenvalue weighted by molar-refractivity contribution is -0.145. The number of nitrogens with zero attached hydrogens (tertiary/aromatic N) is 1. The number of carbonyl (C=O) groups is 2. The molecule has 142 valence electrons. The van der Waals surface area contributed by atoms with E-state index in [9.17, 15) is 9.59 Å². The van der Waals surface area contributed by atoms with Crippen molar-refractivity contribution in [3.05, 3.63) is 35.4 Å². The fourth-order valence-electron chi connectivity index (χ4n) is 5.80. The molecule has 0 saturated heterocycles. The molecule has 4 saturated carbocycles. The lowest BCUT2D eigenvalue weighted by atomic mass is 9.49. The van der Waals surface area contributed by atoms with Crippen molar-refractivity contribution in [2.75, 3.05) is 20.6 Å². The molecule has 0 spiro atoms. The van der Waals surface area contributed by atoms with Gasteiger partial charge in [-0.3, -0.25) is 9.59 Å². The Balaban J connectivity index is 1.33. The summed E-state index contributed by atoms with van der Waals surface area (Å²) in [6, 6.07) is 7.29. The fraction of sp³-hybridized carbons (Fsp3) is 0.565. The largest absolute Gasteiger partial charge is 0.345 e. The van der Waals surface area contributed by atoms with Gasteiger partial charge in [0.15, 0.2) is 0 Å². The number of hydrogen-bond donors (Lipinski definition) is 1. The molecule has 4 fully saturated rings. The van der Waals surface area contributed by atoms with Crippen LogP contribution < -0.4 is 5.32 Å². The minimum atomic E-state index is -0.107. The number of nitrogens with one attached hydrogen (secondary N) is 1. The quantitative estimate of drug-likeness (QED) is 0.838. The van der Waals surface area contributed by atoms with Crippen molar-refractivity contribution in [1.82, 2.24) is 10.2 Å². The minimum absolute atomic E-state index is 0.0163. The zero-order valence-corrected chi connectivity index (χ0v) is 16.3. The van der Waals surface area contributed by atoms with Gasteiger partial charge < -0.3 is 10.2 Å². The van der Waals surface area contributed by atoms with E-state index in [0.29, 0.717) is 12.1 Å². The molecule has 5 rings (SSSR count). The second-order valence-corrected chi connectivity index (χ2v) is 8.96. The van der Waals surface area contributed by atoms with Crippen LogP contribution in [0.5, 0.6) is 0 Å². The molecule has 27 heavy (non-hydrogen) atoms. The summed E-state index contributed by atoms with van der Waals surface area (Å²) in [6.07, 6.45) is 7.29. The predicted octanol–water partition coefficient (Wildman–Crippen LogP) is 3.07. The van der Waals surface area contributed by atoms with E-state index >= 15 is 0 Å². The molecule has 4 heteroatoms. The Bertz CT molecular complexity index is 763. The maximum absolute atomic E-state index is 12.9. The minimum Gasteiger partial charge on any atom is -0.345 e. The smallest absolute Gasteiger partial charge is 0.253 e. The number of benzene rings is 1. The van der Waals surface area contributed by atoms with E-state index in [-0.39, 0.29) is 17.2 Å². The number of carbonyl (C=O) groups excluding carboxylic acids is 2. The van der Waals surface area contributed by atoms with Crippen molar-refractivity contribution in [2.45, 2.75) is 38.5 Å². The summed E-state index contributed by atoms with van der Waals surface area (Å²) in [7, 11) is 3.48. The molecular weight excluding hydrogens is 336 g/mol. The molecule has 1 aromatic carbocycles. The van der Waals surface area contributed by atoms with Gasteiger partial charge in [-0.15, -0.1) is 0 Å². The van der Waals surface area contributed by atoms with E-state index < -0.39 is 0 Å². The van der Waals surface area contributed by atoms with Gasteiger partial charge in [0.1, 0.15) is 0 Å². The Morgan fingerprint density at radius 2 is 1.59 bits per heavy atom. The number of rotatable bonds is 3. The third-order valence-electron chi connectivity index (χ3n) is 6.63. The highest BCUT2D eigenvalue weighted by Gasteiger charge is 2.54. The van der Waals surface area contributed by atoms with Crippen LogP contribution in [0.1, 0.15) is 54.4 Å². The van der Waals surface area contributed by atoms with E-state index in [2.05, 4.69) is 17.2 Å². The van der Waals surface area contributed by atoms with Gasteiger partial charge in [0, 0.05) is 30.6 Å². The van der Waals surface area contributed by atoms with Crippen molar-refractivity contribution >= 4 is 11.8 Å². The van der Waals surface area contributed by atoms with Crippen LogP contribution in [0.2, 0.25) is 0 Å². The molecule has 0 heterocycles. The highest BCUT2D eigenvalue weighted by atomic mass is 16.2. The summed E-state index contributed by atoms with van der Waals surface area (Å²) in [5, 5.41) is 3.08. The predicted molar refractivity (Wildman–Crippen MR) is 105 cm³/mol. The van der Waals surface area contributed by atoms with Crippen molar-refractivity contribution in [2.24, 2.45) is 23.2 Å². The Kier molecular flexibility index (Phi) is 4.72. The Hall–Kier alpha value is -2.28. The lowest BCUT2D eigenvalue weighted by Gasteiger charge is -2.55. The lowest BCUT2D eigenvalue weighted by Crippen LogP contribution is -2.53. The Morgan fingerprint density at radius 1 is 1.04 bits per heavy atom. The summed E-state index contributed by atoms with van der Waals surface area (Å²) in [5.41, 5.74) is 1.40. The molecule has 4 aliphatic rings. The maximum atomic E-state index is 12.9. The van der Waals surface area contributed by atoms with Crippen molar-refractivity contribution in [3.63, 3.8) is 0 Å². The molecule has 4 aliphatic carbocycles. The van der Waals surface area contributed by atoms with E-state index in [0.717, 1.165) is 42.6 Å². The van der Waals surface area contributed by atoms with Gasteiger partial charge in [0.25, 0.3) is 5.91 Å². The molecule has 2 amide bonds. The Labute approximate surface area is 161 Å². The first-order valence-electron chi connectivity index (χ1n) is 10.0. The first-order chi connectivity index (χ1) is 12.9. The summed E-state index contributed by atoms with van der Waals surface area (Å²) < 4.78 is 0. The molecule has 0 atom stereocenters. The zero-order valence-electron chi connectivity index (χ0n) is 16.3. The van der Waals surface area contributed by atoms with Gasteiger partial charge in [-0.2, -0.15) is 0 Å². The molecule has 1 aromatic rings. The second-order valence-electron chi connectivity index (χ2n) is 8.96. The number of hydrogen-bond acceptors (Lipinski definition) is 2. The van der Waals surface area contributed by atoms with Gasteiger partial charge in [0.05, 0.1) is 6.54 Å². The zero-order chi connectivity index (χ0) is 19.0. The monoisotopic (exact) mass is 364 g/mol. The molecule has 0 aromatic heterocycles. The van der Waals surface area contributed by atoms with Gasteiger partial charge >= 0.3 is 0 Å². The van der Waals surface area contributed by atoms with Gasteiger partial charge in [-0.25, -0.2) is 0 Å². The summed E-state index contributed by atoms with van der Waals surface area (Å²) in [4.78, 5) is 26.3. The van der Waals surface area contributed by atoms with Crippen LogP contribution in [-0.2, 0) is 4.79 Å². The van der Waals surface area contributed by atoms with E-state index in [4.69, 9.17) is 0 Å². The van der Waals surface area contributed by atoms with E-state index in [1.54, 1.807) is 31.1 Å². The average molecular weight is 364 g/mol. The summed E-state index contributed by atoms with van der Waals surface area (Å²) in [5.74, 6) is 8.67. The maximum Gasteiger partial charge on any atom is 0.253 e. The first-order valence-corrected chi connectivity index (χ1v) is 10.0. The van der Waals surface area contributed by atoms with Crippen LogP contribution in [0.4, 0.5) is 0 Å². The van der Waals surface area contributed by atoms with Crippen LogP contribution in [0, 0.1) is 35.0 Å². The van der Waals surface area contributed by atoms with Crippen molar-refractivity contribution < 1.29 is 9.59 Å². The molecule has 0 aliphatic heterocycles. The van der Waals surface area contributed by atoms with Crippen molar-refractivity contribution in [1.29, 1.82) is 0 Å². The third kappa shape index (κ3) is 3.60. The van der Waals surface area contributed by atoms with E-state index in [1.807, 2.05) is 12.1 Å². The van der Waals surface area contributed by atoms with Gasteiger partial charge in [-0.1, -0.05) is 11.8 Å². The first kappa shape index (κ1) is 18.1. The topological polar surface area (TPSA) is 49.4 Å². The standard InChI is InChI=1S/C23H28N2O2/c1-25(2)21(26)20-7-5-16(6-8-20)4-3-9-24-22(27)23-13-17-10-18(14-23)12-19(11-17)15-23/h5-8,17-19H,9-15H2,1-2H3,(H,24,27). The van der Waals surface area contributed by atoms with Gasteiger partial charge in [0.2, 0.25) is 5.91 Å². The van der Waals surface area contributed by atoms with Crippen LogP contribution in [0.25, 0.3) is 0 Å². The Morgan fingerprint density at radius 3 is 2.11 bits per heavy atom. The van der Waals surface area contributed by atoms with Crippen LogP contribution in [0.3, 0.4) is 0 Å². The molecule has 4 bridgehead atoms. The van der Waals surface area contributed by atoms with Crippen molar-refractivity contribution in [3.8, 4) is 11.8 Å². The van der Waals surface area contributed by atoms with E-state index in [1.165, 1.54) is 19.3 Å². The second kappa shape index (κ2) is 7.03. The highest BCUT2D eigenvalue weighted by molar-refractivity contribution is 5.93. The highest BCUT2D eigenvalue weighted by Crippen LogP contribution is 2.60. The van der Waals surface area contributed by atoms with Gasteiger partial charge in [-0.05, 0) is 80.5 Å². The average Bonchev–Trinajstić information content (AvgIpc) is 2.63. The molecule has 0 unspecified atom stereocenters. The number of amides is 2. The SMILES string of the molecule is CN(C)C(=O)c1ccc(C#CCNC(=O)C23CC4CC(CC(C4)C2)C3)cc1. The van der Waals surface area contributed by atoms with Crippen LogP contribution >= 0.6 is 0 Å². The fourth-order valence-corrected chi connectivity index (χ4v) is 5.80. The molecule has 1 N–H and O–H groups in total. The normalized spacial score (nSPS) is 30.4. The summed E-state index contributed by atoms with van der Waals surface area (Å²) >= 11 is 0. The molecule has 0 radical (unpaired) electrons. The molecule has 4 nitrogen and oxygen atoms in total.